The lowest BCUT2D eigenvalue weighted by Crippen LogP contribution is -2.45. The average Bonchev–Trinajstić information content (AvgIpc) is 2.99. The number of anilines is 1. The first-order valence-corrected chi connectivity index (χ1v) is 9.86. The number of nitrogens with one attached hydrogen (secondary N) is 2. The highest BCUT2D eigenvalue weighted by Gasteiger charge is 2.29. The second kappa shape index (κ2) is 6.39. The smallest absolute Gasteiger partial charge is 0.315 e. The van der Waals surface area contributed by atoms with Gasteiger partial charge in [-0.05, 0) is 31.4 Å². The van der Waals surface area contributed by atoms with Gasteiger partial charge in [0.25, 0.3) is 0 Å². The molecule has 0 bridgehead atoms. The first kappa shape index (κ1) is 16.1. The Hall–Kier alpha value is -1.76. The Kier molecular flexibility index (Phi) is 4.48. The molecule has 0 radical (unpaired) electrons. The summed E-state index contributed by atoms with van der Waals surface area (Å²) < 4.78 is 22.8. The number of rotatable bonds is 4. The zero-order chi connectivity index (χ0) is 16.4. The first-order chi connectivity index (χ1) is 10.9. The topological polar surface area (TPSA) is 78.5 Å². The van der Waals surface area contributed by atoms with Gasteiger partial charge < -0.3 is 15.5 Å². The molecule has 1 aromatic rings. The van der Waals surface area contributed by atoms with Crippen LogP contribution < -0.4 is 15.5 Å². The molecule has 23 heavy (non-hydrogen) atoms. The Balaban J connectivity index is 1.46. The van der Waals surface area contributed by atoms with Crippen LogP contribution in [0, 0.1) is 0 Å². The number of para-hydroxylation sites is 1. The lowest BCUT2D eigenvalue weighted by molar-refractivity contribution is 0.238. The number of carbonyl (C=O) groups is 1. The molecule has 0 aliphatic carbocycles. The van der Waals surface area contributed by atoms with E-state index in [1.165, 1.54) is 11.3 Å². The Bertz CT molecular complexity index is 690. The second-order valence-corrected chi connectivity index (χ2v) is 8.60. The molecular weight excluding hydrogens is 314 g/mol. The zero-order valence-corrected chi connectivity index (χ0v) is 14.1. The third-order valence-corrected chi connectivity index (χ3v) is 6.32. The zero-order valence-electron chi connectivity index (χ0n) is 13.3. The maximum atomic E-state index is 11.9. The van der Waals surface area contributed by atoms with Crippen LogP contribution in [0.4, 0.5) is 10.5 Å². The lowest BCUT2D eigenvalue weighted by atomic mass is 10.1. The van der Waals surface area contributed by atoms with Crippen LogP contribution in [-0.2, 0) is 16.3 Å². The van der Waals surface area contributed by atoms with Crippen molar-refractivity contribution in [1.82, 2.24) is 10.6 Å². The van der Waals surface area contributed by atoms with Gasteiger partial charge in [-0.15, -0.1) is 0 Å². The predicted octanol–water partition coefficient (Wildman–Crippen LogP) is 0.924. The normalized spacial score (nSPS) is 25.2. The minimum Gasteiger partial charge on any atom is -0.367 e. The van der Waals surface area contributed by atoms with Gasteiger partial charge in [0.15, 0.2) is 9.84 Å². The molecule has 1 saturated heterocycles. The molecule has 0 spiro atoms. The van der Waals surface area contributed by atoms with Crippen molar-refractivity contribution in [2.75, 3.05) is 29.5 Å². The molecule has 2 N–H and O–H groups in total. The monoisotopic (exact) mass is 337 g/mol. The van der Waals surface area contributed by atoms with Crippen LogP contribution in [0.2, 0.25) is 0 Å². The number of carbonyl (C=O) groups excluding carboxylic acids is 1. The van der Waals surface area contributed by atoms with Crippen LogP contribution in [0.1, 0.15) is 18.9 Å². The van der Waals surface area contributed by atoms with Crippen LogP contribution in [0.5, 0.6) is 0 Å². The van der Waals surface area contributed by atoms with E-state index in [-0.39, 0.29) is 23.6 Å². The summed E-state index contributed by atoms with van der Waals surface area (Å²) >= 11 is 0. The molecular formula is C16H23N3O3S. The Labute approximate surface area is 137 Å². The van der Waals surface area contributed by atoms with Crippen LogP contribution >= 0.6 is 0 Å². The molecule has 2 aliphatic rings. The number of sulfone groups is 1. The largest absolute Gasteiger partial charge is 0.367 e. The van der Waals surface area contributed by atoms with Gasteiger partial charge in [0.05, 0.1) is 11.5 Å². The number of fused-ring (bicyclic) bond motifs is 1. The first-order valence-electron chi connectivity index (χ1n) is 8.04. The van der Waals surface area contributed by atoms with Crippen LogP contribution in [0.15, 0.2) is 24.3 Å². The van der Waals surface area contributed by atoms with E-state index in [9.17, 15) is 13.2 Å². The summed E-state index contributed by atoms with van der Waals surface area (Å²) in [5.41, 5.74) is 2.59. The van der Waals surface area contributed by atoms with Crippen LogP contribution in [0.3, 0.4) is 0 Å². The van der Waals surface area contributed by atoms with Crippen molar-refractivity contribution in [3.8, 4) is 0 Å². The van der Waals surface area contributed by atoms with Crippen molar-refractivity contribution in [1.29, 1.82) is 0 Å². The van der Waals surface area contributed by atoms with Gasteiger partial charge in [-0.3, -0.25) is 0 Å². The molecule has 0 aromatic heterocycles. The highest BCUT2D eigenvalue weighted by atomic mass is 32.2. The fourth-order valence-corrected chi connectivity index (χ4v) is 5.08. The standard InChI is InChI=1S/C16H23N3O3S/c1-12-10-13-4-2-3-5-15(13)19(12)8-7-17-16(20)18-14-6-9-23(21,22)11-14/h2-5,12,14H,6-11H2,1H3,(H2,17,18,20)/t12-,14+/m0/s1. The molecule has 3 rings (SSSR count). The SMILES string of the molecule is C[C@H]1Cc2ccccc2N1CCNC(=O)N[C@@H]1CCS(=O)(=O)C1. The van der Waals surface area contributed by atoms with E-state index in [4.69, 9.17) is 0 Å². The maximum Gasteiger partial charge on any atom is 0.315 e. The minimum absolute atomic E-state index is 0.0525. The molecule has 2 amide bonds. The second-order valence-electron chi connectivity index (χ2n) is 6.38. The van der Waals surface area contributed by atoms with Gasteiger partial charge in [-0.1, -0.05) is 18.2 Å². The predicted molar refractivity (Wildman–Crippen MR) is 90.5 cm³/mol. The summed E-state index contributed by atoms with van der Waals surface area (Å²) in [4.78, 5) is 14.2. The highest BCUT2D eigenvalue weighted by Crippen LogP contribution is 2.31. The van der Waals surface area contributed by atoms with Crippen molar-refractivity contribution in [2.24, 2.45) is 0 Å². The molecule has 126 valence electrons. The van der Waals surface area contributed by atoms with Crippen molar-refractivity contribution >= 4 is 21.6 Å². The van der Waals surface area contributed by atoms with Gasteiger partial charge in [0.2, 0.25) is 0 Å². The van der Waals surface area contributed by atoms with Crippen molar-refractivity contribution in [3.63, 3.8) is 0 Å². The molecule has 7 heteroatoms. The van der Waals surface area contributed by atoms with Gasteiger partial charge in [-0.2, -0.15) is 0 Å². The van der Waals surface area contributed by atoms with Crippen molar-refractivity contribution in [2.45, 2.75) is 31.8 Å². The highest BCUT2D eigenvalue weighted by molar-refractivity contribution is 7.91. The minimum atomic E-state index is -2.97. The number of hydrogen-bond donors (Lipinski definition) is 2. The van der Waals surface area contributed by atoms with E-state index in [0.717, 1.165) is 13.0 Å². The molecule has 0 saturated carbocycles. The number of nitrogens with zero attached hydrogens (tertiary/aromatic N) is 1. The molecule has 2 aliphatic heterocycles. The Morgan fingerprint density at radius 1 is 1.35 bits per heavy atom. The fraction of sp³-hybridized carbons (Fsp3) is 0.562. The Morgan fingerprint density at radius 2 is 2.13 bits per heavy atom. The van der Waals surface area contributed by atoms with Gasteiger partial charge in [0.1, 0.15) is 0 Å². The van der Waals surface area contributed by atoms with E-state index < -0.39 is 9.84 Å². The maximum absolute atomic E-state index is 11.9. The molecule has 2 heterocycles. The molecule has 0 unspecified atom stereocenters. The molecule has 6 nitrogen and oxygen atoms in total. The number of hydrogen-bond acceptors (Lipinski definition) is 4. The summed E-state index contributed by atoms with van der Waals surface area (Å²) in [5, 5.41) is 5.57. The summed E-state index contributed by atoms with van der Waals surface area (Å²) in [6.07, 6.45) is 1.54. The van der Waals surface area contributed by atoms with E-state index >= 15 is 0 Å². The third-order valence-electron chi connectivity index (χ3n) is 4.55. The van der Waals surface area contributed by atoms with Crippen LogP contribution in [-0.4, -0.2) is 51.1 Å². The van der Waals surface area contributed by atoms with E-state index in [0.29, 0.717) is 19.0 Å². The van der Waals surface area contributed by atoms with Crippen molar-refractivity contribution < 1.29 is 13.2 Å². The van der Waals surface area contributed by atoms with E-state index in [2.05, 4.69) is 40.7 Å². The van der Waals surface area contributed by atoms with E-state index in [1.807, 2.05) is 6.07 Å². The number of urea groups is 1. The number of amides is 2. The van der Waals surface area contributed by atoms with Crippen molar-refractivity contribution in [3.05, 3.63) is 29.8 Å². The average molecular weight is 337 g/mol. The summed E-state index contributed by atoms with van der Waals surface area (Å²) in [7, 11) is -2.97. The lowest BCUT2D eigenvalue weighted by Gasteiger charge is -2.25. The third kappa shape index (κ3) is 3.77. The molecule has 2 atom stereocenters. The van der Waals surface area contributed by atoms with Gasteiger partial charge >= 0.3 is 6.03 Å². The van der Waals surface area contributed by atoms with Gasteiger partial charge in [0, 0.05) is 30.9 Å². The molecule has 1 aromatic carbocycles. The van der Waals surface area contributed by atoms with Crippen LogP contribution in [0.25, 0.3) is 0 Å². The molecule has 1 fully saturated rings. The quantitative estimate of drug-likeness (QED) is 0.856. The van der Waals surface area contributed by atoms with E-state index in [1.54, 1.807) is 0 Å². The number of benzene rings is 1. The summed E-state index contributed by atoms with van der Waals surface area (Å²) in [6, 6.07) is 8.23. The Morgan fingerprint density at radius 3 is 2.87 bits per heavy atom. The summed E-state index contributed by atoms with van der Waals surface area (Å²) in [6.45, 7) is 3.46. The fourth-order valence-electron chi connectivity index (χ4n) is 3.41. The van der Waals surface area contributed by atoms with Gasteiger partial charge in [-0.25, -0.2) is 13.2 Å². The summed E-state index contributed by atoms with van der Waals surface area (Å²) in [5.74, 6) is 0.219.